The van der Waals surface area contributed by atoms with Crippen LogP contribution in [0.15, 0.2) is 170 Å². The normalized spacial score (nSPS) is 22.7. The van der Waals surface area contributed by atoms with Gasteiger partial charge in [-0.25, -0.2) is 0 Å². The van der Waals surface area contributed by atoms with Crippen LogP contribution in [0.1, 0.15) is 107 Å². The molecule has 2 aliphatic rings. The smallest absolute Gasteiger partial charge is 0.305 e. The number of amides is 15. The number of aliphatic carboxylic acids is 1. The number of phenols is 2. The summed E-state index contributed by atoms with van der Waals surface area (Å²) < 4.78 is 0. The number of phenolic OH excluding ortho intramolecular Hbond substituents is 2. The first kappa shape index (κ1) is 100. The maximum absolute atomic E-state index is 15.6. The van der Waals surface area contributed by atoms with Gasteiger partial charge in [0, 0.05) is 96.1 Å². The summed E-state index contributed by atoms with van der Waals surface area (Å²) in [6, 6.07) is 26.1. The van der Waals surface area contributed by atoms with Crippen LogP contribution in [0.25, 0.3) is 10.9 Å². The van der Waals surface area contributed by atoms with Gasteiger partial charge in [-0.2, -0.15) is 0 Å². The van der Waals surface area contributed by atoms with Crippen LogP contribution in [0.3, 0.4) is 0 Å². The summed E-state index contributed by atoms with van der Waals surface area (Å²) >= 11 is 0.834. The molecule has 12 atom stereocenters. The molecule has 3 heterocycles. The average Bonchev–Trinajstić information content (AvgIpc) is 0.974. The molecule has 1 aromatic heterocycles. The van der Waals surface area contributed by atoms with Crippen molar-refractivity contribution < 1.29 is 92.0 Å². The Morgan fingerprint density at radius 2 is 0.962 bits per heavy atom. The summed E-state index contributed by atoms with van der Waals surface area (Å²) in [6.45, 7) is 7.01. The van der Waals surface area contributed by atoms with Crippen molar-refractivity contribution in [3.05, 3.63) is 203 Å². The van der Waals surface area contributed by atoms with Gasteiger partial charge in [-0.3, -0.25) is 76.7 Å². The quantitative estimate of drug-likeness (QED) is 0.0437. The number of aromatic amines is 1. The Bertz CT molecular complexity index is 5140. The van der Waals surface area contributed by atoms with Gasteiger partial charge < -0.3 is 98.4 Å². The van der Waals surface area contributed by atoms with E-state index in [9.17, 15) is 53.7 Å². The third-order valence-electron chi connectivity index (χ3n) is 22.9. The molecule has 2 fully saturated rings. The van der Waals surface area contributed by atoms with E-state index in [2.05, 4.69) is 52.8 Å². The molecule has 0 bridgehead atoms. The number of likely N-dealkylation sites (N-methyl/N-ethyl adjacent to an activating group) is 4. The first-order valence-electron chi connectivity index (χ1n) is 43.3. The predicted molar refractivity (Wildman–Crippen MR) is 485 cm³/mol. The molecule has 6 aromatic carbocycles. The molecular formula is C94H118N16O19S. The van der Waals surface area contributed by atoms with Crippen molar-refractivity contribution in [3.8, 4) is 11.5 Å². The summed E-state index contributed by atoms with van der Waals surface area (Å²) in [6.07, 6.45) is 0.222. The third kappa shape index (κ3) is 28.7. The van der Waals surface area contributed by atoms with E-state index in [1.54, 1.807) is 149 Å². The number of aromatic hydroxyl groups is 2. The monoisotopic (exact) mass is 1810 g/mol. The standard InChI is InChI=1S/C94H118N16O19S/c1-10-11-31-75-93(128)110-41-40-74(110)88(123)102-70(49-81(116)117)87(122)105-82(56(4)5)94(129)108(8)76(46-58-25-17-13-18-26-58)89(124)103-71(45-61-34-38-64(112)39-35-61)90(125)106(6)52-79(114)98-69(48-62-50-96-66-30-22-21-29-65(62)66)86(121)101-68(43-60-32-36-63(111)37-33-60)85(120)100-67(42-55(2)3)84(119)104-73(83(118)97-51-78(95)113)53-130-54-80(115)99-72(44-57-23-15-12-16-24-57)91(126)109(9)77(92(127)107(75)7)47-59-27-19-14-20-28-59/h12-30,32-39,50,55-56,67-77,82,96,111-112H,10-11,31,40-49,51-54H2,1-9H3,(H2,95,113)(H,97,118)(H,98,114)(H,99,115)(H,100,120)(H,101,121)(H,102,123)(H,103,124)(H,104,119)(H,105,122)(H,116,117)/t67-,68-,69-,70-,71-,72-,73-,74-,75-,76-,77-,82-/m0/s1. The number of hydrogen-bond donors (Lipinski definition) is 14. The van der Waals surface area contributed by atoms with Gasteiger partial charge in [0.15, 0.2) is 0 Å². The summed E-state index contributed by atoms with van der Waals surface area (Å²) in [7, 11) is 5.33. The molecule has 15 N–H and O–H groups in total. The number of nitrogens with two attached hydrogens (primary N) is 1. The van der Waals surface area contributed by atoms with E-state index in [4.69, 9.17) is 5.73 Å². The summed E-state index contributed by atoms with van der Waals surface area (Å²) in [5.74, 6) is -17.1. The van der Waals surface area contributed by atoms with Crippen LogP contribution in [0.4, 0.5) is 0 Å². The number of H-pyrrole nitrogens is 1. The number of hydrogen-bond acceptors (Lipinski definition) is 19. The molecule has 0 spiro atoms. The SMILES string of the molecule is CCCC[C@H]1C(=O)N2CC[C@H]2C(=O)N[C@@H](CC(=O)O)C(=O)N[C@@H](C(C)C)C(=O)N(C)[C@@H](Cc2ccccc2)C(=O)N[C@@H](Cc2ccc(O)cc2)C(=O)N(C)CC(=O)N[C@@H](Cc2c[nH]c3ccccc23)C(=O)N[C@@H](Cc2ccc(O)cc2)C(=O)N[C@@H](CC(C)C)C(=O)N[C@H](C(=O)NCC(N)=O)CSCC(=O)N[C@@H](Cc2ccccc2)C(=O)N(C)[C@@H](Cc2ccccc2)C(=O)N1C. The summed E-state index contributed by atoms with van der Waals surface area (Å²) in [4.78, 5) is 245. The fourth-order valence-electron chi connectivity index (χ4n) is 15.5. The Morgan fingerprint density at radius 1 is 0.485 bits per heavy atom. The number of thioether (sulfide) groups is 1. The Hall–Kier alpha value is -13.7. The molecular weight excluding hydrogens is 1690 g/mol. The number of primary amides is 1. The lowest BCUT2D eigenvalue weighted by Crippen LogP contribution is -2.65. The first-order chi connectivity index (χ1) is 62.0. The van der Waals surface area contributed by atoms with Crippen LogP contribution < -0.4 is 53.6 Å². The van der Waals surface area contributed by atoms with Crippen molar-refractivity contribution in [2.45, 2.75) is 184 Å². The molecule has 2 saturated heterocycles. The number of carbonyl (C=O) groups is 16. The number of nitrogens with one attached hydrogen (secondary N) is 10. The zero-order valence-electron chi connectivity index (χ0n) is 74.4. The molecule has 0 saturated carbocycles. The van der Waals surface area contributed by atoms with Crippen LogP contribution >= 0.6 is 11.8 Å². The number of unbranched alkanes of at least 4 members (excludes halogenated alkanes) is 1. The van der Waals surface area contributed by atoms with E-state index in [0.29, 0.717) is 57.1 Å². The number of carbonyl (C=O) groups excluding carboxylic acids is 15. The highest BCUT2D eigenvalue weighted by Crippen LogP contribution is 2.27. The summed E-state index contributed by atoms with van der Waals surface area (Å²) in [5.41, 5.74) is 9.15. The number of rotatable bonds is 23. The molecule has 36 heteroatoms. The number of benzene rings is 6. The van der Waals surface area contributed by atoms with Gasteiger partial charge in [0.1, 0.15) is 84.0 Å². The number of fused-ring (bicyclic) bond motifs is 2. The molecule has 0 aliphatic carbocycles. The van der Waals surface area contributed by atoms with Gasteiger partial charge in [-0.15, -0.1) is 11.8 Å². The maximum atomic E-state index is 15.6. The fourth-order valence-corrected chi connectivity index (χ4v) is 16.4. The van der Waals surface area contributed by atoms with E-state index < -0.39 is 198 Å². The van der Waals surface area contributed by atoms with E-state index in [0.717, 1.165) is 21.6 Å². The third-order valence-corrected chi connectivity index (χ3v) is 23.9. The number of carboxylic acid groups (broad SMARTS) is 1. The number of carboxylic acids is 1. The molecule has 0 radical (unpaired) electrons. The van der Waals surface area contributed by atoms with Gasteiger partial charge in [0.2, 0.25) is 88.6 Å². The van der Waals surface area contributed by atoms with E-state index in [1.165, 1.54) is 91.4 Å². The zero-order valence-corrected chi connectivity index (χ0v) is 75.2. The number of aromatic nitrogens is 1. The number of nitrogens with zero attached hydrogens (tertiary/aromatic N) is 5. The van der Waals surface area contributed by atoms with Gasteiger partial charge in [0.05, 0.1) is 25.3 Å². The molecule has 7 aromatic rings. The molecule has 2 aliphatic heterocycles. The molecule has 15 amide bonds. The average molecular weight is 1810 g/mol. The van der Waals surface area contributed by atoms with E-state index >= 15 is 38.4 Å². The fraction of sp³-hybridized carbons (Fsp3) is 0.426. The highest BCUT2D eigenvalue weighted by atomic mass is 32.2. The summed E-state index contributed by atoms with van der Waals surface area (Å²) in [5, 5.41) is 55.9. The van der Waals surface area contributed by atoms with Crippen LogP contribution in [-0.4, -0.2) is 271 Å². The van der Waals surface area contributed by atoms with Crippen molar-refractivity contribution in [2.24, 2.45) is 17.6 Å². The largest absolute Gasteiger partial charge is 0.508 e. The van der Waals surface area contributed by atoms with Crippen molar-refractivity contribution >= 4 is 117 Å². The first-order valence-corrected chi connectivity index (χ1v) is 44.5. The second-order valence-electron chi connectivity index (χ2n) is 33.6. The predicted octanol–water partition coefficient (Wildman–Crippen LogP) is 2.47. The Balaban J connectivity index is 1.11. The van der Waals surface area contributed by atoms with Gasteiger partial charge in [-0.1, -0.05) is 181 Å². The lowest BCUT2D eigenvalue weighted by Gasteiger charge is -2.44. The van der Waals surface area contributed by atoms with Crippen molar-refractivity contribution in [1.82, 2.24) is 77.3 Å². The molecule has 0 unspecified atom stereocenters. The van der Waals surface area contributed by atoms with Crippen LogP contribution in [0.5, 0.6) is 11.5 Å². The molecule has 35 nitrogen and oxygen atoms in total. The Kier molecular flexibility index (Phi) is 36.9. The molecule has 130 heavy (non-hydrogen) atoms. The minimum Gasteiger partial charge on any atom is -0.508 e. The van der Waals surface area contributed by atoms with Gasteiger partial charge in [-0.05, 0) is 94.8 Å². The van der Waals surface area contributed by atoms with Crippen molar-refractivity contribution in [2.75, 3.05) is 59.3 Å². The van der Waals surface area contributed by atoms with Crippen LogP contribution in [-0.2, 0) is 115 Å². The lowest BCUT2D eigenvalue weighted by molar-refractivity contribution is -0.157. The lowest BCUT2D eigenvalue weighted by atomic mass is 9.96. The van der Waals surface area contributed by atoms with E-state index in [-0.39, 0.29) is 87.5 Å². The van der Waals surface area contributed by atoms with Crippen LogP contribution in [0.2, 0.25) is 0 Å². The highest BCUT2D eigenvalue weighted by molar-refractivity contribution is 8.00. The highest BCUT2D eigenvalue weighted by Gasteiger charge is 2.46. The minimum atomic E-state index is -1.89. The van der Waals surface area contributed by atoms with Gasteiger partial charge in [0.25, 0.3) is 0 Å². The van der Waals surface area contributed by atoms with Crippen molar-refractivity contribution in [3.63, 3.8) is 0 Å². The Labute approximate surface area is 758 Å². The minimum absolute atomic E-state index is 0.0215. The topological polar surface area (TPSA) is 500 Å². The molecule has 694 valence electrons. The van der Waals surface area contributed by atoms with Crippen LogP contribution in [0, 0.1) is 11.8 Å². The maximum Gasteiger partial charge on any atom is 0.305 e. The zero-order chi connectivity index (χ0) is 94.6. The van der Waals surface area contributed by atoms with Gasteiger partial charge >= 0.3 is 5.97 Å². The Morgan fingerprint density at radius 3 is 1.51 bits per heavy atom. The van der Waals surface area contributed by atoms with E-state index in [1.807, 2.05) is 6.92 Å². The number of para-hydroxylation sites is 1. The molecule has 9 rings (SSSR count). The second-order valence-corrected chi connectivity index (χ2v) is 34.7. The van der Waals surface area contributed by atoms with Crippen molar-refractivity contribution in [1.29, 1.82) is 0 Å². The second kappa shape index (κ2) is 47.9.